The first kappa shape index (κ1) is 12.5. The Labute approximate surface area is 100 Å². The molecule has 1 aliphatic rings. The third kappa shape index (κ3) is 3.01. The van der Waals surface area contributed by atoms with Gasteiger partial charge < -0.3 is 5.73 Å². The van der Waals surface area contributed by atoms with E-state index in [0.29, 0.717) is 24.7 Å². The molecule has 1 fully saturated rings. The molecule has 4 heteroatoms. The predicted molar refractivity (Wildman–Crippen MR) is 63.5 cm³/mol. The molecular weight excluding hydrogens is 222 g/mol. The van der Waals surface area contributed by atoms with Crippen molar-refractivity contribution in [3.8, 4) is 0 Å². The molecule has 0 aliphatic heterocycles. The fourth-order valence-electron chi connectivity index (χ4n) is 2.18. The Kier molecular flexibility index (Phi) is 4.07. The average Bonchev–Trinajstić information content (AvgIpc) is 2.20. The van der Waals surface area contributed by atoms with Crippen LogP contribution in [0.3, 0.4) is 0 Å². The minimum absolute atomic E-state index is 0.466. The summed E-state index contributed by atoms with van der Waals surface area (Å²) in [7, 11) is 0. The number of nitrogens with two attached hydrogens (primary N) is 1. The van der Waals surface area contributed by atoms with Crippen molar-refractivity contribution in [1.82, 2.24) is 4.90 Å². The molecule has 2 nitrogen and oxygen atoms in total. The summed E-state index contributed by atoms with van der Waals surface area (Å²) < 4.78 is 26.3. The van der Waals surface area contributed by atoms with Crippen LogP contribution in [0.1, 0.15) is 24.8 Å². The SMILES string of the molecule is NCCN(Cc1ccc(F)cc1F)C1CCC1. The van der Waals surface area contributed by atoms with Gasteiger partial charge in [0.2, 0.25) is 0 Å². The van der Waals surface area contributed by atoms with Gasteiger partial charge in [-0.15, -0.1) is 0 Å². The van der Waals surface area contributed by atoms with E-state index in [-0.39, 0.29) is 0 Å². The Bertz CT molecular complexity index is 378. The topological polar surface area (TPSA) is 29.3 Å². The van der Waals surface area contributed by atoms with Crippen LogP contribution in [-0.4, -0.2) is 24.0 Å². The highest BCUT2D eigenvalue weighted by Gasteiger charge is 2.24. The lowest BCUT2D eigenvalue weighted by Crippen LogP contribution is -2.42. The van der Waals surface area contributed by atoms with E-state index in [1.54, 1.807) is 0 Å². The van der Waals surface area contributed by atoms with Crippen LogP contribution in [-0.2, 0) is 6.54 Å². The molecule has 0 spiro atoms. The van der Waals surface area contributed by atoms with E-state index in [1.807, 2.05) is 0 Å². The second-order valence-electron chi connectivity index (χ2n) is 4.58. The molecule has 0 heterocycles. The third-order valence-corrected chi connectivity index (χ3v) is 3.40. The molecule has 0 radical (unpaired) electrons. The minimum Gasteiger partial charge on any atom is -0.329 e. The van der Waals surface area contributed by atoms with E-state index in [2.05, 4.69) is 4.90 Å². The molecule has 2 N–H and O–H groups in total. The van der Waals surface area contributed by atoms with Gasteiger partial charge in [-0.25, -0.2) is 8.78 Å². The van der Waals surface area contributed by atoms with E-state index in [1.165, 1.54) is 18.6 Å². The molecule has 0 bridgehead atoms. The van der Waals surface area contributed by atoms with Gasteiger partial charge in [0.25, 0.3) is 0 Å². The van der Waals surface area contributed by atoms with Crippen molar-refractivity contribution >= 4 is 0 Å². The summed E-state index contributed by atoms with van der Waals surface area (Å²) in [5, 5.41) is 0. The Morgan fingerprint density at radius 3 is 2.59 bits per heavy atom. The third-order valence-electron chi connectivity index (χ3n) is 3.40. The van der Waals surface area contributed by atoms with E-state index >= 15 is 0 Å². The molecule has 1 saturated carbocycles. The molecule has 17 heavy (non-hydrogen) atoms. The van der Waals surface area contributed by atoms with Crippen LogP contribution in [0.2, 0.25) is 0 Å². The van der Waals surface area contributed by atoms with Crippen LogP contribution in [0.15, 0.2) is 18.2 Å². The first-order valence-corrected chi connectivity index (χ1v) is 6.08. The first-order valence-electron chi connectivity index (χ1n) is 6.08. The van der Waals surface area contributed by atoms with E-state index in [0.717, 1.165) is 25.5 Å². The summed E-state index contributed by atoms with van der Waals surface area (Å²) in [6.45, 7) is 1.86. The molecule has 1 aliphatic carbocycles. The maximum Gasteiger partial charge on any atom is 0.130 e. The van der Waals surface area contributed by atoms with Gasteiger partial charge in [0.15, 0.2) is 0 Å². The van der Waals surface area contributed by atoms with Gasteiger partial charge in [0.05, 0.1) is 0 Å². The lowest BCUT2D eigenvalue weighted by Gasteiger charge is -2.37. The van der Waals surface area contributed by atoms with Crippen molar-refractivity contribution in [3.05, 3.63) is 35.4 Å². The van der Waals surface area contributed by atoms with Crippen molar-refractivity contribution in [2.45, 2.75) is 31.8 Å². The van der Waals surface area contributed by atoms with Gasteiger partial charge in [-0.05, 0) is 18.9 Å². The molecule has 2 rings (SSSR count). The second kappa shape index (κ2) is 5.56. The van der Waals surface area contributed by atoms with E-state index < -0.39 is 11.6 Å². The zero-order chi connectivity index (χ0) is 12.3. The Morgan fingerprint density at radius 1 is 1.29 bits per heavy atom. The van der Waals surface area contributed by atoms with Crippen LogP contribution in [0.25, 0.3) is 0 Å². The molecule has 0 aromatic heterocycles. The van der Waals surface area contributed by atoms with Crippen LogP contribution < -0.4 is 5.73 Å². The van der Waals surface area contributed by atoms with Crippen LogP contribution in [0, 0.1) is 11.6 Å². The smallest absolute Gasteiger partial charge is 0.130 e. The van der Waals surface area contributed by atoms with Gasteiger partial charge in [0, 0.05) is 37.3 Å². The summed E-state index contributed by atoms with van der Waals surface area (Å²) in [5.41, 5.74) is 6.11. The summed E-state index contributed by atoms with van der Waals surface area (Å²) >= 11 is 0. The molecule has 0 atom stereocenters. The number of benzene rings is 1. The average molecular weight is 240 g/mol. The molecule has 1 aromatic rings. The van der Waals surface area contributed by atoms with Gasteiger partial charge in [-0.3, -0.25) is 4.90 Å². The lowest BCUT2D eigenvalue weighted by molar-refractivity contribution is 0.122. The number of hydrogen-bond acceptors (Lipinski definition) is 2. The maximum absolute atomic E-state index is 13.5. The Balaban J connectivity index is 2.05. The van der Waals surface area contributed by atoms with E-state index in [4.69, 9.17) is 5.73 Å². The number of halogens is 2. The van der Waals surface area contributed by atoms with Gasteiger partial charge in [-0.2, -0.15) is 0 Å². The van der Waals surface area contributed by atoms with Crippen LogP contribution >= 0.6 is 0 Å². The molecule has 0 saturated heterocycles. The van der Waals surface area contributed by atoms with Gasteiger partial charge in [0.1, 0.15) is 11.6 Å². The van der Waals surface area contributed by atoms with Crippen molar-refractivity contribution in [1.29, 1.82) is 0 Å². The summed E-state index contributed by atoms with van der Waals surface area (Å²) in [4.78, 5) is 2.19. The van der Waals surface area contributed by atoms with Crippen LogP contribution in [0.4, 0.5) is 8.78 Å². The Morgan fingerprint density at radius 2 is 2.06 bits per heavy atom. The second-order valence-corrected chi connectivity index (χ2v) is 4.58. The van der Waals surface area contributed by atoms with Crippen molar-refractivity contribution in [2.24, 2.45) is 5.73 Å². The number of rotatable bonds is 5. The number of nitrogens with zero attached hydrogens (tertiary/aromatic N) is 1. The highest BCUT2D eigenvalue weighted by molar-refractivity contribution is 5.18. The highest BCUT2D eigenvalue weighted by Crippen LogP contribution is 2.26. The molecular formula is C13H18F2N2. The van der Waals surface area contributed by atoms with E-state index in [9.17, 15) is 8.78 Å². The predicted octanol–water partition coefficient (Wildman–Crippen LogP) is 2.28. The monoisotopic (exact) mass is 240 g/mol. The molecule has 0 unspecified atom stereocenters. The summed E-state index contributed by atoms with van der Waals surface area (Å²) in [5.74, 6) is -0.994. The summed E-state index contributed by atoms with van der Waals surface area (Å²) in [6, 6.07) is 4.28. The van der Waals surface area contributed by atoms with Gasteiger partial charge in [-0.1, -0.05) is 12.5 Å². The largest absolute Gasteiger partial charge is 0.329 e. The first-order chi connectivity index (χ1) is 8.20. The highest BCUT2D eigenvalue weighted by atomic mass is 19.1. The van der Waals surface area contributed by atoms with Crippen molar-refractivity contribution in [2.75, 3.05) is 13.1 Å². The van der Waals surface area contributed by atoms with Gasteiger partial charge >= 0.3 is 0 Å². The normalized spacial score (nSPS) is 16.2. The fraction of sp³-hybridized carbons (Fsp3) is 0.538. The molecule has 0 amide bonds. The van der Waals surface area contributed by atoms with Crippen molar-refractivity contribution in [3.63, 3.8) is 0 Å². The lowest BCUT2D eigenvalue weighted by atomic mass is 9.91. The van der Waals surface area contributed by atoms with Crippen molar-refractivity contribution < 1.29 is 8.78 Å². The molecule has 94 valence electrons. The zero-order valence-electron chi connectivity index (χ0n) is 9.83. The number of hydrogen-bond donors (Lipinski definition) is 1. The Hall–Kier alpha value is -1.00. The summed E-state index contributed by atoms with van der Waals surface area (Å²) in [6.07, 6.45) is 3.54. The standard InChI is InChI=1S/C13H18F2N2/c14-11-5-4-10(13(15)8-11)9-17(7-6-16)12-2-1-3-12/h4-5,8,12H,1-3,6-7,9,16H2. The zero-order valence-corrected chi connectivity index (χ0v) is 9.83. The quantitative estimate of drug-likeness (QED) is 0.855. The fourth-order valence-corrected chi connectivity index (χ4v) is 2.18. The maximum atomic E-state index is 13.5. The minimum atomic E-state index is -0.528. The van der Waals surface area contributed by atoms with Crippen LogP contribution in [0.5, 0.6) is 0 Å². The molecule has 1 aromatic carbocycles.